The van der Waals surface area contributed by atoms with Gasteiger partial charge in [0.1, 0.15) is 0 Å². The predicted octanol–water partition coefficient (Wildman–Crippen LogP) is 4.46. The summed E-state index contributed by atoms with van der Waals surface area (Å²) in [6, 6.07) is 11.0. The maximum Gasteiger partial charge on any atom is 0.0724 e. The summed E-state index contributed by atoms with van der Waals surface area (Å²) in [4.78, 5) is 2.42. The van der Waals surface area contributed by atoms with Gasteiger partial charge in [0.25, 0.3) is 0 Å². The highest BCUT2D eigenvalue weighted by molar-refractivity contribution is 6.30. The molecule has 0 amide bonds. The average molecular weight is 279 g/mol. The highest BCUT2D eigenvalue weighted by Crippen LogP contribution is 2.22. The van der Waals surface area contributed by atoms with Crippen LogP contribution in [0.4, 0.5) is 0 Å². The number of benzene rings is 1. The van der Waals surface area contributed by atoms with E-state index in [0.29, 0.717) is 17.1 Å². The van der Waals surface area contributed by atoms with Gasteiger partial charge in [-0.2, -0.15) is 5.26 Å². The molecule has 0 spiro atoms. The molecular weight excluding hydrogens is 256 g/mol. The lowest BCUT2D eigenvalue weighted by Crippen LogP contribution is -2.38. The lowest BCUT2D eigenvalue weighted by atomic mass is 9.96. The molecular formula is C16H23ClN2. The summed E-state index contributed by atoms with van der Waals surface area (Å²) in [6.45, 7) is 9.73. The summed E-state index contributed by atoms with van der Waals surface area (Å²) in [6.07, 6.45) is 0.856. The Hall–Kier alpha value is -1.04. The van der Waals surface area contributed by atoms with Crippen molar-refractivity contribution in [1.29, 1.82) is 5.26 Å². The maximum atomic E-state index is 9.34. The van der Waals surface area contributed by atoms with Crippen LogP contribution in [0.15, 0.2) is 24.3 Å². The molecule has 0 aliphatic heterocycles. The Labute approximate surface area is 122 Å². The zero-order valence-corrected chi connectivity index (χ0v) is 13.0. The van der Waals surface area contributed by atoms with Crippen LogP contribution in [0.2, 0.25) is 5.02 Å². The first-order chi connectivity index (χ1) is 8.95. The number of nitrogens with zero attached hydrogens (tertiary/aromatic N) is 2. The smallest absolute Gasteiger partial charge is 0.0724 e. The molecule has 1 rings (SSSR count). The molecule has 2 nitrogen and oxygen atoms in total. The minimum Gasteiger partial charge on any atom is -0.298 e. The van der Waals surface area contributed by atoms with Gasteiger partial charge in [0.05, 0.1) is 12.0 Å². The van der Waals surface area contributed by atoms with E-state index < -0.39 is 0 Å². The molecule has 0 N–H and O–H groups in total. The number of hydrogen-bond donors (Lipinski definition) is 0. The van der Waals surface area contributed by atoms with E-state index in [9.17, 15) is 5.26 Å². The van der Waals surface area contributed by atoms with E-state index in [0.717, 1.165) is 18.5 Å². The summed E-state index contributed by atoms with van der Waals surface area (Å²) in [5.74, 6) is -0.0581. The fourth-order valence-corrected chi connectivity index (χ4v) is 2.52. The molecule has 0 aliphatic rings. The molecule has 0 saturated carbocycles. The van der Waals surface area contributed by atoms with E-state index in [1.165, 1.54) is 0 Å². The normalized spacial score (nSPS) is 13.0. The minimum absolute atomic E-state index is 0.0581. The quantitative estimate of drug-likeness (QED) is 0.768. The van der Waals surface area contributed by atoms with Crippen molar-refractivity contribution in [3.63, 3.8) is 0 Å². The largest absolute Gasteiger partial charge is 0.298 e. The van der Waals surface area contributed by atoms with Gasteiger partial charge in [-0.1, -0.05) is 23.7 Å². The zero-order chi connectivity index (χ0) is 14.4. The highest BCUT2D eigenvalue weighted by Gasteiger charge is 2.17. The molecule has 0 aromatic heterocycles. The molecule has 1 atom stereocenters. The van der Waals surface area contributed by atoms with Gasteiger partial charge in [-0.15, -0.1) is 0 Å². The van der Waals surface area contributed by atoms with Crippen molar-refractivity contribution in [3.8, 4) is 6.07 Å². The summed E-state index contributed by atoms with van der Waals surface area (Å²) >= 11 is 5.88. The second-order valence-electron chi connectivity index (χ2n) is 5.45. The fourth-order valence-electron chi connectivity index (χ4n) is 2.39. The lowest BCUT2D eigenvalue weighted by Gasteiger charge is -2.31. The Morgan fingerprint density at radius 2 is 1.63 bits per heavy atom. The third-order valence-electron chi connectivity index (χ3n) is 3.43. The molecule has 0 radical (unpaired) electrons. The van der Waals surface area contributed by atoms with Crippen LogP contribution in [0, 0.1) is 11.3 Å². The van der Waals surface area contributed by atoms with Crippen molar-refractivity contribution >= 4 is 11.6 Å². The van der Waals surface area contributed by atoms with E-state index in [2.05, 4.69) is 38.7 Å². The van der Waals surface area contributed by atoms with Gasteiger partial charge in [0.2, 0.25) is 0 Å². The van der Waals surface area contributed by atoms with E-state index >= 15 is 0 Å². The topological polar surface area (TPSA) is 27.0 Å². The summed E-state index contributed by atoms with van der Waals surface area (Å²) in [7, 11) is 0. The van der Waals surface area contributed by atoms with Crippen molar-refractivity contribution < 1.29 is 0 Å². The first kappa shape index (κ1) is 16.0. The van der Waals surface area contributed by atoms with Crippen LogP contribution < -0.4 is 0 Å². The van der Waals surface area contributed by atoms with Gasteiger partial charge in [-0.25, -0.2) is 0 Å². The molecule has 0 aliphatic carbocycles. The Bertz CT molecular complexity index is 409. The molecule has 0 fully saturated rings. The van der Waals surface area contributed by atoms with Crippen LogP contribution in [-0.2, 0) is 0 Å². The standard InChI is InChI=1S/C16H23ClN2/c1-12(2)19(13(3)4)10-9-15(11-18)14-5-7-16(17)8-6-14/h5-8,12-13,15H,9-10H2,1-4H3. The Morgan fingerprint density at radius 3 is 2.05 bits per heavy atom. The summed E-state index contributed by atoms with van der Waals surface area (Å²) in [5, 5.41) is 10.1. The molecule has 1 aromatic carbocycles. The molecule has 3 heteroatoms. The number of rotatable bonds is 6. The molecule has 0 bridgehead atoms. The van der Waals surface area contributed by atoms with Gasteiger partial charge in [-0.05, 0) is 51.8 Å². The van der Waals surface area contributed by atoms with Crippen molar-refractivity contribution in [2.75, 3.05) is 6.54 Å². The Balaban J connectivity index is 2.68. The van der Waals surface area contributed by atoms with Gasteiger partial charge < -0.3 is 0 Å². The zero-order valence-electron chi connectivity index (χ0n) is 12.2. The maximum absolute atomic E-state index is 9.34. The van der Waals surface area contributed by atoms with Crippen LogP contribution in [0.5, 0.6) is 0 Å². The summed E-state index contributed by atoms with van der Waals surface area (Å²) < 4.78 is 0. The van der Waals surface area contributed by atoms with E-state index in [-0.39, 0.29) is 5.92 Å². The van der Waals surface area contributed by atoms with E-state index in [4.69, 9.17) is 11.6 Å². The first-order valence-corrected chi connectivity index (χ1v) is 7.24. The molecule has 104 valence electrons. The minimum atomic E-state index is -0.0581. The molecule has 0 saturated heterocycles. The SMILES string of the molecule is CC(C)N(CCC(C#N)c1ccc(Cl)cc1)C(C)C. The average Bonchev–Trinajstić information content (AvgIpc) is 2.35. The van der Waals surface area contributed by atoms with Gasteiger partial charge in [0, 0.05) is 23.7 Å². The van der Waals surface area contributed by atoms with Gasteiger partial charge in [0.15, 0.2) is 0 Å². The Morgan fingerprint density at radius 1 is 1.11 bits per heavy atom. The number of nitriles is 1. The van der Waals surface area contributed by atoms with E-state index in [1.807, 2.05) is 24.3 Å². The van der Waals surface area contributed by atoms with Crippen molar-refractivity contribution in [2.45, 2.75) is 52.1 Å². The third-order valence-corrected chi connectivity index (χ3v) is 3.68. The number of halogens is 1. The molecule has 1 unspecified atom stereocenters. The molecule has 19 heavy (non-hydrogen) atoms. The lowest BCUT2D eigenvalue weighted by molar-refractivity contribution is 0.171. The second-order valence-corrected chi connectivity index (χ2v) is 5.88. The fraction of sp³-hybridized carbons (Fsp3) is 0.562. The van der Waals surface area contributed by atoms with Crippen LogP contribution in [-0.4, -0.2) is 23.5 Å². The van der Waals surface area contributed by atoms with Crippen LogP contribution in [0.25, 0.3) is 0 Å². The Kier molecular flexibility index (Phi) is 6.34. The second kappa shape index (κ2) is 7.53. The molecule has 1 aromatic rings. The van der Waals surface area contributed by atoms with E-state index in [1.54, 1.807) is 0 Å². The van der Waals surface area contributed by atoms with Crippen LogP contribution in [0.3, 0.4) is 0 Å². The van der Waals surface area contributed by atoms with Crippen LogP contribution >= 0.6 is 11.6 Å². The number of hydrogen-bond acceptors (Lipinski definition) is 2. The van der Waals surface area contributed by atoms with Crippen molar-refractivity contribution in [1.82, 2.24) is 4.90 Å². The van der Waals surface area contributed by atoms with Gasteiger partial charge >= 0.3 is 0 Å². The van der Waals surface area contributed by atoms with Gasteiger partial charge in [-0.3, -0.25) is 4.90 Å². The first-order valence-electron chi connectivity index (χ1n) is 6.86. The van der Waals surface area contributed by atoms with Crippen molar-refractivity contribution in [2.24, 2.45) is 0 Å². The van der Waals surface area contributed by atoms with Crippen molar-refractivity contribution in [3.05, 3.63) is 34.9 Å². The predicted molar refractivity (Wildman–Crippen MR) is 81.4 cm³/mol. The third kappa shape index (κ3) is 4.86. The van der Waals surface area contributed by atoms with Crippen LogP contribution in [0.1, 0.15) is 45.6 Å². The monoisotopic (exact) mass is 278 g/mol. The highest BCUT2D eigenvalue weighted by atomic mass is 35.5. The summed E-state index contributed by atoms with van der Waals surface area (Å²) in [5.41, 5.74) is 1.05. The molecule has 0 heterocycles.